The van der Waals surface area contributed by atoms with Crippen molar-refractivity contribution in [3.8, 4) is 0 Å². The number of hydrogen-bond donors (Lipinski definition) is 1. The Bertz CT molecular complexity index is 826. The molecule has 2 heterocycles. The number of rotatable bonds is 8. The minimum absolute atomic E-state index is 0.0438. The van der Waals surface area contributed by atoms with Gasteiger partial charge in [0.05, 0.1) is 0 Å². The molecule has 5 nitrogen and oxygen atoms in total. The lowest BCUT2D eigenvalue weighted by molar-refractivity contribution is -0.121. The zero-order valence-electron chi connectivity index (χ0n) is 17.6. The Balaban J connectivity index is 1.37. The third-order valence-electron chi connectivity index (χ3n) is 5.57. The maximum Gasteiger partial charge on any atom is 0.220 e. The smallest absolute Gasteiger partial charge is 0.220 e. The van der Waals surface area contributed by atoms with Crippen LogP contribution in [0.3, 0.4) is 0 Å². The number of piperazine rings is 1. The van der Waals surface area contributed by atoms with Gasteiger partial charge >= 0.3 is 0 Å². The second kappa shape index (κ2) is 10.0. The molecular weight excluding hydrogens is 382 g/mol. The highest BCUT2D eigenvalue weighted by Gasteiger charge is 2.21. The van der Waals surface area contributed by atoms with Crippen LogP contribution in [-0.4, -0.2) is 55.4 Å². The summed E-state index contributed by atoms with van der Waals surface area (Å²) in [7, 11) is 0. The van der Waals surface area contributed by atoms with E-state index in [1.165, 1.54) is 5.69 Å². The SMILES string of the molecule is Cc1cc(C(=O)CCC(=O)NCC(C)N2CCN(c3ccccc3)CC2)c(C)s1. The zero-order valence-corrected chi connectivity index (χ0v) is 18.4. The second-order valence-corrected chi connectivity index (χ2v) is 9.22. The summed E-state index contributed by atoms with van der Waals surface area (Å²) in [5.74, 6) is 0.0183. The topological polar surface area (TPSA) is 52.7 Å². The Morgan fingerprint density at radius 1 is 1.07 bits per heavy atom. The van der Waals surface area contributed by atoms with E-state index in [1.807, 2.05) is 26.0 Å². The minimum Gasteiger partial charge on any atom is -0.369 e. The predicted molar refractivity (Wildman–Crippen MR) is 120 cm³/mol. The standard InChI is InChI=1S/C23H31N3O2S/c1-17(25-11-13-26(14-12-25)20-7-5-4-6-8-20)16-24-23(28)10-9-22(27)21-15-18(2)29-19(21)3/h4-8,15,17H,9-14,16H2,1-3H3,(H,24,28). The normalized spacial score (nSPS) is 15.9. The van der Waals surface area contributed by atoms with Crippen molar-refractivity contribution >= 4 is 28.7 Å². The van der Waals surface area contributed by atoms with Crippen LogP contribution in [0.1, 0.15) is 39.9 Å². The monoisotopic (exact) mass is 413 g/mol. The zero-order chi connectivity index (χ0) is 20.8. The molecule has 29 heavy (non-hydrogen) atoms. The van der Waals surface area contributed by atoms with E-state index in [0.717, 1.165) is 41.5 Å². The van der Waals surface area contributed by atoms with E-state index >= 15 is 0 Å². The van der Waals surface area contributed by atoms with Gasteiger partial charge in [0, 0.05) is 72.6 Å². The van der Waals surface area contributed by atoms with Gasteiger partial charge in [-0.1, -0.05) is 18.2 Å². The quantitative estimate of drug-likeness (QED) is 0.671. The summed E-state index contributed by atoms with van der Waals surface area (Å²) in [6.45, 7) is 10.7. The summed E-state index contributed by atoms with van der Waals surface area (Å²) in [5, 5.41) is 3.01. The third-order valence-corrected chi connectivity index (χ3v) is 6.54. The number of nitrogens with one attached hydrogen (secondary N) is 1. The Kier molecular flexibility index (Phi) is 7.45. The molecule has 1 aliphatic heterocycles. The molecule has 1 aliphatic rings. The van der Waals surface area contributed by atoms with Crippen LogP contribution in [0.5, 0.6) is 0 Å². The van der Waals surface area contributed by atoms with Crippen LogP contribution in [0.15, 0.2) is 36.4 Å². The molecule has 3 rings (SSSR count). The molecule has 1 atom stereocenters. The molecule has 0 aliphatic carbocycles. The molecular formula is C23H31N3O2S. The molecule has 156 valence electrons. The molecule has 0 bridgehead atoms. The van der Waals surface area contributed by atoms with Crippen LogP contribution in [0, 0.1) is 13.8 Å². The van der Waals surface area contributed by atoms with Gasteiger partial charge in [0.25, 0.3) is 0 Å². The van der Waals surface area contributed by atoms with Gasteiger partial charge in [-0.2, -0.15) is 0 Å². The van der Waals surface area contributed by atoms with E-state index < -0.39 is 0 Å². The lowest BCUT2D eigenvalue weighted by Gasteiger charge is -2.39. The number of carbonyl (C=O) groups excluding carboxylic acids is 2. The number of nitrogens with zero attached hydrogens (tertiary/aromatic N) is 2. The van der Waals surface area contributed by atoms with Crippen molar-refractivity contribution in [2.75, 3.05) is 37.6 Å². The van der Waals surface area contributed by atoms with Crippen molar-refractivity contribution < 1.29 is 9.59 Å². The molecule has 1 saturated heterocycles. The first kappa shape index (κ1) is 21.5. The van der Waals surface area contributed by atoms with Crippen LogP contribution in [0.2, 0.25) is 0 Å². The number of anilines is 1. The number of amides is 1. The third kappa shape index (κ3) is 5.90. The van der Waals surface area contributed by atoms with Crippen LogP contribution in [0.4, 0.5) is 5.69 Å². The van der Waals surface area contributed by atoms with Gasteiger partial charge in [0.15, 0.2) is 5.78 Å². The van der Waals surface area contributed by atoms with Crippen molar-refractivity contribution in [3.05, 3.63) is 51.7 Å². The number of para-hydroxylation sites is 1. The number of benzene rings is 1. The van der Waals surface area contributed by atoms with E-state index in [9.17, 15) is 9.59 Å². The summed E-state index contributed by atoms with van der Waals surface area (Å²) in [4.78, 5) is 31.5. The molecule has 1 N–H and O–H groups in total. The Morgan fingerprint density at radius 3 is 2.38 bits per heavy atom. The van der Waals surface area contributed by atoms with Crippen LogP contribution < -0.4 is 10.2 Å². The second-order valence-electron chi connectivity index (χ2n) is 7.76. The van der Waals surface area contributed by atoms with Gasteiger partial charge in [-0.15, -0.1) is 11.3 Å². The molecule has 6 heteroatoms. The molecule has 0 saturated carbocycles. The molecule has 1 amide bonds. The fourth-order valence-corrected chi connectivity index (χ4v) is 4.75. The Morgan fingerprint density at radius 2 is 1.76 bits per heavy atom. The molecule has 1 aromatic carbocycles. The minimum atomic E-state index is -0.0438. The average molecular weight is 414 g/mol. The largest absolute Gasteiger partial charge is 0.369 e. The van der Waals surface area contributed by atoms with E-state index in [4.69, 9.17) is 0 Å². The van der Waals surface area contributed by atoms with Gasteiger partial charge < -0.3 is 10.2 Å². The molecule has 1 unspecified atom stereocenters. The van der Waals surface area contributed by atoms with Gasteiger partial charge in [0.1, 0.15) is 0 Å². The summed E-state index contributed by atoms with van der Waals surface area (Å²) < 4.78 is 0. The number of ketones is 1. The van der Waals surface area contributed by atoms with Gasteiger partial charge in [0.2, 0.25) is 5.91 Å². The van der Waals surface area contributed by atoms with Crippen LogP contribution >= 0.6 is 11.3 Å². The van der Waals surface area contributed by atoms with Gasteiger partial charge in [-0.05, 0) is 39.0 Å². The lowest BCUT2D eigenvalue weighted by atomic mass is 10.1. The fourth-order valence-electron chi connectivity index (χ4n) is 3.81. The van der Waals surface area contributed by atoms with Crippen molar-refractivity contribution in [1.82, 2.24) is 10.2 Å². The summed E-state index contributed by atoms with van der Waals surface area (Å²) in [6.07, 6.45) is 0.522. The van der Waals surface area contributed by atoms with Gasteiger partial charge in [-0.3, -0.25) is 14.5 Å². The van der Waals surface area contributed by atoms with Gasteiger partial charge in [-0.25, -0.2) is 0 Å². The maximum absolute atomic E-state index is 12.3. The Labute approximate surface area is 177 Å². The number of aryl methyl sites for hydroxylation is 2. The average Bonchev–Trinajstić information content (AvgIpc) is 3.09. The van der Waals surface area contributed by atoms with Crippen molar-refractivity contribution in [3.63, 3.8) is 0 Å². The summed E-state index contributed by atoms with van der Waals surface area (Å²) >= 11 is 1.63. The number of carbonyl (C=O) groups is 2. The number of Topliss-reactive ketones (excluding diaryl/α,β-unsaturated/α-hetero) is 1. The molecule has 0 radical (unpaired) electrons. The fraction of sp³-hybridized carbons (Fsp3) is 0.478. The van der Waals surface area contributed by atoms with Crippen molar-refractivity contribution in [1.29, 1.82) is 0 Å². The molecule has 0 spiro atoms. The predicted octanol–water partition coefficient (Wildman–Crippen LogP) is 3.65. The summed E-state index contributed by atoms with van der Waals surface area (Å²) in [5.41, 5.74) is 2.04. The van der Waals surface area contributed by atoms with E-state index in [-0.39, 0.29) is 30.6 Å². The highest BCUT2D eigenvalue weighted by molar-refractivity contribution is 7.12. The molecule has 2 aromatic rings. The van der Waals surface area contributed by atoms with Crippen LogP contribution in [0.25, 0.3) is 0 Å². The first-order valence-corrected chi connectivity index (χ1v) is 11.2. The first-order chi connectivity index (χ1) is 13.9. The number of hydrogen-bond acceptors (Lipinski definition) is 5. The highest BCUT2D eigenvalue weighted by atomic mass is 32.1. The van der Waals surface area contributed by atoms with E-state index in [1.54, 1.807) is 11.3 Å². The van der Waals surface area contributed by atoms with Crippen molar-refractivity contribution in [2.45, 2.75) is 39.7 Å². The first-order valence-electron chi connectivity index (χ1n) is 10.3. The number of thiophene rings is 1. The summed E-state index contributed by atoms with van der Waals surface area (Å²) in [6, 6.07) is 12.7. The Hall–Kier alpha value is -2.18. The van der Waals surface area contributed by atoms with E-state index in [2.05, 4.69) is 46.3 Å². The maximum atomic E-state index is 12.3. The van der Waals surface area contributed by atoms with E-state index in [0.29, 0.717) is 6.54 Å². The molecule has 1 fully saturated rings. The molecule has 1 aromatic heterocycles. The van der Waals surface area contributed by atoms with Crippen LogP contribution in [-0.2, 0) is 4.79 Å². The highest BCUT2D eigenvalue weighted by Crippen LogP contribution is 2.22. The van der Waals surface area contributed by atoms with Crippen molar-refractivity contribution in [2.24, 2.45) is 0 Å². The lowest BCUT2D eigenvalue weighted by Crippen LogP contribution is -2.52.